The van der Waals surface area contributed by atoms with Crippen LogP contribution in [0.5, 0.6) is 0 Å². The van der Waals surface area contributed by atoms with Crippen molar-refractivity contribution in [3.63, 3.8) is 0 Å². The van der Waals surface area contributed by atoms with Gasteiger partial charge in [-0.15, -0.1) is 0 Å². The van der Waals surface area contributed by atoms with Gasteiger partial charge in [0.1, 0.15) is 0 Å². The Morgan fingerprint density at radius 2 is 2.12 bits per heavy atom. The molecule has 6 rings (SSSR count). The van der Waals surface area contributed by atoms with Crippen molar-refractivity contribution in [3.05, 3.63) is 42.0 Å². The van der Waals surface area contributed by atoms with E-state index in [0.717, 1.165) is 13.0 Å². The summed E-state index contributed by atoms with van der Waals surface area (Å²) in [5.74, 6) is 0.938. The fourth-order valence-electron chi connectivity index (χ4n) is 8.55. The van der Waals surface area contributed by atoms with Gasteiger partial charge < -0.3 is 10.0 Å². The van der Waals surface area contributed by atoms with Crippen molar-refractivity contribution in [2.45, 2.75) is 36.8 Å². The van der Waals surface area contributed by atoms with Crippen molar-refractivity contribution in [2.24, 2.45) is 17.3 Å². The van der Waals surface area contributed by atoms with Crippen LogP contribution in [0.4, 0.5) is 5.69 Å². The van der Waals surface area contributed by atoms with E-state index in [9.17, 15) is 5.11 Å². The molecule has 3 heterocycles. The van der Waals surface area contributed by atoms with Crippen LogP contribution in [-0.4, -0.2) is 48.3 Å². The Morgan fingerprint density at radius 1 is 1.29 bits per heavy atom. The molecule has 2 aliphatic carbocycles. The van der Waals surface area contributed by atoms with E-state index in [-0.39, 0.29) is 16.4 Å². The van der Waals surface area contributed by atoms with E-state index in [2.05, 4.69) is 60.2 Å². The molecule has 3 nitrogen and oxygen atoms in total. The summed E-state index contributed by atoms with van der Waals surface area (Å²) < 4.78 is 0. The van der Waals surface area contributed by atoms with Gasteiger partial charge in [-0.2, -0.15) is 0 Å². The third kappa shape index (κ3) is 1.02. The molecule has 126 valence electrons. The monoisotopic (exact) mass is 322 g/mol. The van der Waals surface area contributed by atoms with Gasteiger partial charge >= 0.3 is 0 Å². The molecule has 1 unspecified atom stereocenters. The molecule has 3 heteroatoms. The quantitative estimate of drug-likeness (QED) is 0.805. The van der Waals surface area contributed by atoms with E-state index in [0.29, 0.717) is 24.5 Å². The molecule has 24 heavy (non-hydrogen) atoms. The molecular weight excluding hydrogens is 296 g/mol. The number of hydrogen-bond donors (Lipinski definition) is 1. The number of para-hydroxylation sites is 1. The first-order chi connectivity index (χ1) is 11.6. The number of anilines is 1. The van der Waals surface area contributed by atoms with Crippen LogP contribution in [0, 0.1) is 17.3 Å². The second kappa shape index (κ2) is 3.91. The lowest BCUT2D eigenvalue weighted by Crippen LogP contribution is -2.64. The van der Waals surface area contributed by atoms with Gasteiger partial charge in [0, 0.05) is 48.7 Å². The Balaban J connectivity index is 1.74. The fraction of sp³-hybridized carbons (Fsp3) is 0.619. The highest BCUT2D eigenvalue weighted by Crippen LogP contribution is 2.80. The minimum atomic E-state index is 0.0690. The molecule has 3 spiro atoms. The lowest BCUT2D eigenvalue weighted by molar-refractivity contribution is 0.0467. The Hall–Kier alpha value is -1.32. The lowest BCUT2D eigenvalue weighted by atomic mass is 9.57. The van der Waals surface area contributed by atoms with Gasteiger partial charge in [-0.05, 0) is 36.9 Å². The van der Waals surface area contributed by atoms with Gasteiger partial charge in [-0.3, -0.25) is 4.90 Å². The summed E-state index contributed by atoms with van der Waals surface area (Å²) in [7, 11) is 2.30. The predicted molar refractivity (Wildman–Crippen MR) is 95.2 cm³/mol. The van der Waals surface area contributed by atoms with Crippen molar-refractivity contribution >= 4 is 5.69 Å². The molecular formula is C21H26N2O. The highest BCUT2D eigenvalue weighted by molar-refractivity contribution is 5.72. The number of rotatable bonds is 1. The normalized spacial score (nSPS) is 50.3. The summed E-state index contributed by atoms with van der Waals surface area (Å²) in [6.45, 7) is 5.09. The third-order valence-electron chi connectivity index (χ3n) is 8.83. The highest BCUT2D eigenvalue weighted by atomic mass is 16.3. The van der Waals surface area contributed by atoms with Crippen LogP contribution < -0.4 is 4.90 Å². The smallest absolute Gasteiger partial charge is 0.0596 e. The van der Waals surface area contributed by atoms with Crippen LogP contribution in [0.15, 0.2) is 36.4 Å². The molecule has 1 aromatic rings. The zero-order valence-corrected chi connectivity index (χ0v) is 14.6. The van der Waals surface area contributed by atoms with E-state index in [1.165, 1.54) is 18.7 Å². The zero-order chi connectivity index (χ0) is 16.3. The van der Waals surface area contributed by atoms with Crippen molar-refractivity contribution in [1.29, 1.82) is 0 Å². The number of aliphatic hydroxyl groups excluding tert-OH is 1. The molecule has 0 amide bonds. The molecule has 0 aromatic heterocycles. The topological polar surface area (TPSA) is 26.7 Å². The summed E-state index contributed by atoms with van der Waals surface area (Å²) in [6, 6.07) is 9.70. The summed E-state index contributed by atoms with van der Waals surface area (Å²) >= 11 is 0. The van der Waals surface area contributed by atoms with E-state index >= 15 is 0 Å². The van der Waals surface area contributed by atoms with Crippen LogP contribution in [-0.2, 0) is 5.41 Å². The summed E-state index contributed by atoms with van der Waals surface area (Å²) in [5, 5.41) is 10.4. The minimum Gasteiger partial charge on any atom is -0.396 e. The van der Waals surface area contributed by atoms with Gasteiger partial charge in [-0.1, -0.05) is 37.3 Å². The summed E-state index contributed by atoms with van der Waals surface area (Å²) in [5.41, 5.74) is 3.47. The van der Waals surface area contributed by atoms with Crippen molar-refractivity contribution in [2.75, 3.05) is 31.6 Å². The molecule has 0 radical (unpaired) electrons. The van der Waals surface area contributed by atoms with Gasteiger partial charge in [-0.25, -0.2) is 0 Å². The summed E-state index contributed by atoms with van der Waals surface area (Å²) in [6.07, 6.45) is 7.34. The average molecular weight is 322 g/mol. The molecule has 3 aliphatic heterocycles. The van der Waals surface area contributed by atoms with Crippen molar-refractivity contribution < 1.29 is 5.11 Å². The molecule has 5 aliphatic rings. The highest BCUT2D eigenvalue weighted by Gasteiger charge is 2.85. The average Bonchev–Trinajstić information content (AvgIpc) is 3.25. The van der Waals surface area contributed by atoms with Crippen LogP contribution in [0.25, 0.3) is 0 Å². The van der Waals surface area contributed by atoms with Crippen LogP contribution in [0.1, 0.15) is 25.3 Å². The first-order valence-electron chi connectivity index (χ1n) is 9.50. The van der Waals surface area contributed by atoms with E-state index < -0.39 is 0 Å². The molecule has 1 aromatic carbocycles. The standard InChI is InChI=1S/C21H26N2O/c1-14-19-8-5-10-23-11-9-20(18(19)23)16-6-3-4-7-17(16)22(2)21(14,20)15(12-19)13-24/h3-8,14-15,18,24H,9-13H2,1-2H3/t14?,15-,18-,19+,20-,21+/m0/s1. The van der Waals surface area contributed by atoms with E-state index in [1.54, 1.807) is 5.56 Å². The van der Waals surface area contributed by atoms with Gasteiger partial charge in [0.05, 0.1) is 5.54 Å². The lowest BCUT2D eigenvalue weighted by Gasteiger charge is -2.53. The SMILES string of the molecule is CC1[C@@]23[C@H](CO)C[C@]14C=CCN1CC[C@]2(c2ccccc2N3C)[C@@H]14. The fourth-order valence-corrected chi connectivity index (χ4v) is 8.55. The maximum Gasteiger partial charge on any atom is 0.0596 e. The molecule has 3 fully saturated rings. The third-order valence-corrected chi connectivity index (χ3v) is 8.83. The Bertz CT molecular complexity index is 775. The maximum atomic E-state index is 10.4. The number of fused-ring (bicyclic) bond motifs is 1. The number of likely N-dealkylation sites (N-methyl/N-ethyl adjacent to an activating group) is 1. The van der Waals surface area contributed by atoms with Crippen molar-refractivity contribution in [1.82, 2.24) is 4.90 Å². The predicted octanol–water partition coefficient (Wildman–Crippen LogP) is 2.41. The van der Waals surface area contributed by atoms with Gasteiger partial charge in [0.25, 0.3) is 0 Å². The van der Waals surface area contributed by atoms with Crippen LogP contribution >= 0.6 is 0 Å². The maximum absolute atomic E-state index is 10.4. The number of benzene rings is 1. The van der Waals surface area contributed by atoms with Gasteiger partial charge in [0.2, 0.25) is 0 Å². The molecule has 1 saturated heterocycles. The number of aliphatic hydroxyl groups is 1. The second-order valence-electron chi connectivity index (χ2n) is 8.84. The van der Waals surface area contributed by atoms with Crippen molar-refractivity contribution in [3.8, 4) is 0 Å². The van der Waals surface area contributed by atoms with Crippen LogP contribution in [0.3, 0.4) is 0 Å². The summed E-state index contributed by atoms with van der Waals surface area (Å²) in [4.78, 5) is 5.35. The number of nitrogens with zero attached hydrogens (tertiary/aromatic N) is 2. The zero-order valence-electron chi connectivity index (χ0n) is 14.6. The van der Waals surface area contributed by atoms with Gasteiger partial charge in [0.15, 0.2) is 0 Å². The minimum absolute atomic E-state index is 0.0690. The molecule has 6 atom stereocenters. The van der Waals surface area contributed by atoms with E-state index in [1.807, 2.05) is 0 Å². The Morgan fingerprint density at radius 3 is 2.96 bits per heavy atom. The Labute approximate surface area is 144 Å². The Kier molecular flexibility index (Phi) is 2.27. The largest absolute Gasteiger partial charge is 0.396 e. The number of hydrogen-bond acceptors (Lipinski definition) is 3. The first kappa shape index (κ1) is 13.9. The second-order valence-corrected chi connectivity index (χ2v) is 8.84. The molecule has 1 N–H and O–H groups in total. The molecule has 2 bridgehead atoms. The first-order valence-corrected chi connectivity index (χ1v) is 9.50. The van der Waals surface area contributed by atoms with E-state index in [4.69, 9.17) is 0 Å². The molecule has 2 saturated carbocycles. The van der Waals surface area contributed by atoms with Crippen LogP contribution in [0.2, 0.25) is 0 Å².